The Kier molecular flexibility index (Phi) is 5.23. The normalized spacial score (nSPS) is 25.4. The number of likely N-dealkylation sites (tertiary alicyclic amines) is 2. The molecule has 2 fully saturated rings. The summed E-state index contributed by atoms with van der Waals surface area (Å²) in [5.74, 6) is 0.317. The lowest BCUT2D eigenvalue weighted by molar-refractivity contribution is -0.139. The molecule has 1 N–H and O–H groups in total. The fourth-order valence-electron chi connectivity index (χ4n) is 4.37. The summed E-state index contributed by atoms with van der Waals surface area (Å²) in [7, 11) is 3.62. The van der Waals surface area contributed by atoms with E-state index in [1.54, 1.807) is 4.90 Å². The summed E-state index contributed by atoms with van der Waals surface area (Å²) in [6.45, 7) is 7.45. The number of nitrogens with zero attached hydrogens (tertiary/aromatic N) is 3. The predicted molar refractivity (Wildman–Crippen MR) is 102 cm³/mol. The highest BCUT2D eigenvalue weighted by Crippen LogP contribution is 2.44. The second kappa shape index (κ2) is 7.27. The van der Waals surface area contributed by atoms with Crippen molar-refractivity contribution in [2.75, 3.05) is 40.3 Å². The summed E-state index contributed by atoms with van der Waals surface area (Å²) >= 11 is 0. The quantitative estimate of drug-likeness (QED) is 0.890. The summed E-state index contributed by atoms with van der Waals surface area (Å²) in [5, 5.41) is 2.96. The van der Waals surface area contributed by atoms with Crippen LogP contribution in [-0.2, 0) is 11.3 Å². The molecule has 2 aliphatic rings. The van der Waals surface area contributed by atoms with Crippen molar-refractivity contribution in [3.05, 3.63) is 35.9 Å². The Balaban J connectivity index is 1.76. The average molecular weight is 358 g/mol. The highest BCUT2D eigenvalue weighted by atomic mass is 16.2. The van der Waals surface area contributed by atoms with E-state index in [1.165, 1.54) is 5.56 Å². The molecule has 0 aromatic heterocycles. The number of nitrogens with one attached hydrogen (secondary N) is 1. The van der Waals surface area contributed by atoms with E-state index in [0.717, 1.165) is 13.1 Å². The molecular formula is C20H30N4O2. The van der Waals surface area contributed by atoms with Gasteiger partial charge in [0.25, 0.3) is 0 Å². The summed E-state index contributed by atoms with van der Waals surface area (Å²) < 4.78 is 0. The Morgan fingerprint density at radius 3 is 2.50 bits per heavy atom. The van der Waals surface area contributed by atoms with Crippen LogP contribution in [0.5, 0.6) is 0 Å². The van der Waals surface area contributed by atoms with Crippen LogP contribution in [0, 0.1) is 11.3 Å². The Bertz CT molecular complexity index is 661. The zero-order valence-electron chi connectivity index (χ0n) is 16.2. The molecule has 0 saturated carbocycles. The van der Waals surface area contributed by atoms with Crippen molar-refractivity contribution in [1.82, 2.24) is 20.0 Å². The van der Waals surface area contributed by atoms with Gasteiger partial charge in [0, 0.05) is 58.8 Å². The molecule has 2 saturated heterocycles. The molecule has 1 aromatic rings. The van der Waals surface area contributed by atoms with E-state index in [-0.39, 0.29) is 23.9 Å². The van der Waals surface area contributed by atoms with Crippen molar-refractivity contribution in [3.63, 3.8) is 0 Å². The number of benzene rings is 1. The van der Waals surface area contributed by atoms with Crippen LogP contribution in [0.3, 0.4) is 0 Å². The van der Waals surface area contributed by atoms with E-state index >= 15 is 0 Å². The van der Waals surface area contributed by atoms with Crippen molar-refractivity contribution in [1.29, 1.82) is 0 Å². The lowest BCUT2D eigenvalue weighted by Gasteiger charge is -2.31. The third kappa shape index (κ3) is 3.56. The van der Waals surface area contributed by atoms with Crippen LogP contribution < -0.4 is 5.32 Å². The van der Waals surface area contributed by atoms with Gasteiger partial charge in [0.15, 0.2) is 0 Å². The van der Waals surface area contributed by atoms with Crippen LogP contribution in [0.25, 0.3) is 0 Å². The lowest BCUT2D eigenvalue weighted by atomic mass is 9.80. The van der Waals surface area contributed by atoms with Gasteiger partial charge in [-0.3, -0.25) is 9.69 Å². The van der Waals surface area contributed by atoms with Crippen molar-refractivity contribution >= 4 is 11.9 Å². The molecule has 3 amide bonds. The first kappa shape index (κ1) is 18.7. The second-order valence-corrected chi connectivity index (χ2v) is 8.19. The van der Waals surface area contributed by atoms with E-state index in [0.29, 0.717) is 19.6 Å². The number of carbonyl (C=O) groups excluding carboxylic acids is 2. The molecule has 2 heterocycles. The maximum Gasteiger partial charge on any atom is 0.317 e. The SMILES string of the molecule is CC(C)NC(=O)N1C[C@@H]2CN(Cc3ccccc3)C[C@]2(C(=O)N(C)C)C1. The van der Waals surface area contributed by atoms with Crippen LogP contribution in [0.2, 0.25) is 0 Å². The van der Waals surface area contributed by atoms with Gasteiger partial charge in [-0.15, -0.1) is 0 Å². The average Bonchev–Trinajstić information content (AvgIpc) is 3.09. The standard InChI is InChI=1S/C20H30N4O2/c1-15(2)21-19(26)24-12-17-11-23(10-16-8-6-5-7-9-16)13-20(17,14-24)18(25)22(3)4/h5-9,15,17H,10-14H2,1-4H3,(H,21,26)/t17-,20-/m0/s1. The molecule has 0 radical (unpaired) electrons. The molecule has 2 atom stereocenters. The molecule has 1 aromatic carbocycles. The predicted octanol–water partition coefficient (Wildman–Crippen LogP) is 1.63. The van der Waals surface area contributed by atoms with Gasteiger partial charge in [-0.05, 0) is 19.4 Å². The lowest BCUT2D eigenvalue weighted by Crippen LogP contribution is -2.49. The maximum atomic E-state index is 13.1. The van der Waals surface area contributed by atoms with Gasteiger partial charge in [0.1, 0.15) is 0 Å². The zero-order valence-corrected chi connectivity index (χ0v) is 16.2. The Morgan fingerprint density at radius 1 is 1.19 bits per heavy atom. The fraction of sp³-hybridized carbons (Fsp3) is 0.600. The number of hydrogen-bond donors (Lipinski definition) is 1. The monoisotopic (exact) mass is 358 g/mol. The van der Waals surface area contributed by atoms with Crippen LogP contribution >= 0.6 is 0 Å². The van der Waals surface area contributed by atoms with Crippen molar-refractivity contribution in [2.45, 2.75) is 26.4 Å². The van der Waals surface area contributed by atoms with Gasteiger partial charge in [0.2, 0.25) is 5.91 Å². The minimum atomic E-state index is -0.493. The second-order valence-electron chi connectivity index (χ2n) is 8.19. The minimum Gasteiger partial charge on any atom is -0.348 e. The first-order chi connectivity index (χ1) is 12.3. The molecule has 6 heteroatoms. The van der Waals surface area contributed by atoms with Crippen molar-refractivity contribution in [3.8, 4) is 0 Å². The number of carbonyl (C=O) groups is 2. The molecule has 3 rings (SSSR count). The van der Waals surface area contributed by atoms with Crippen LogP contribution in [0.4, 0.5) is 4.79 Å². The summed E-state index contributed by atoms with van der Waals surface area (Å²) in [4.78, 5) is 31.4. The maximum absolute atomic E-state index is 13.1. The third-order valence-corrected chi connectivity index (χ3v) is 5.46. The number of fused-ring (bicyclic) bond motifs is 1. The Labute approximate surface area is 156 Å². The van der Waals surface area contributed by atoms with Gasteiger partial charge < -0.3 is 15.1 Å². The van der Waals surface area contributed by atoms with E-state index < -0.39 is 5.41 Å². The molecular weight excluding hydrogens is 328 g/mol. The molecule has 6 nitrogen and oxygen atoms in total. The summed E-state index contributed by atoms with van der Waals surface area (Å²) in [6, 6.07) is 10.4. The van der Waals surface area contributed by atoms with Crippen molar-refractivity contribution < 1.29 is 9.59 Å². The minimum absolute atomic E-state index is 0.0602. The number of hydrogen-bond acceptors (Lipinski definition) is 3. The van der Waals surface area contributed by atoms with E-state index in [4.69, 9.17) is 0 Å². The third-order valence-electron chi connectivity index (χ3n) is 5.46. The van der Waals surface area contributed by atoms with Crippen molar-refractivity contribution in [2.24, 2.45) is 11.3 Å². The Hall–Kier alpha value is -2.08. The first-order valence-electron chi connectivity index (χ1n) is 9.35. The van der Waals surface area contributed by atoms with E-state index in [9.17, 15) is 9.59 Å². The molecule has 142 valence electrons. The molecule has 0 spiro atoms. The molecule has 2 aliphatic heterocycles. The van der Waals surface area contributed by atoms with Gasteiger partial charge in [-0.25, -0.2) is 4.79 Å². The van der Waals surface area contributed by atoms with Crippen LogP contribution in [-0.4, -0.2) is 73.0 Å². The van der Waals surface area contributed by atoms with E-state index in [2.05, 4.69) is 22.3 Å². The van der Waals surface area contributed by atoms with Gasteiger partial charge >= 0.3 is 6.03 Å². The number of rotatable bonds is 4. The topological polar surface area (TPSA) is 55.9 Å². The van der Waals surface area contributed by atoms with Crippen LogP contribution in [0.15, 0.2) is 30.3 Å². The fourth-order valence-corrected chi connectivity index (χ4v) is 4.37. The zero-order chi connectivity index (χ0) is 18.9. The first-order valence-corrected chi connectivity index (χ1v) is 9.35. The number of urea groups is 1. The van der Waals surface area contributed by atoms with E-state index in [1.807, 2.05) is 51.0 Å². The molecule has 0 bridgehead atoms. The largest absolute Gasteiger partial charge is 0.348 e. The summed E-state index contributed by atoms with van der Waals surface area (Å²) in [5.41, 5.74) is 0.765. The van der Waals surface area contributed by atoms with Gasteiger partial charge in [-0.1, -0.05) is 30.3 Å². The Morgan fingerprint density at radius 2 is 1.88 bits per heavy atom. The van der Waals surface area contributed by atoms with Gasteiger partial charge in [-0.2, -0.15) is 0 Å². The molecule has 26 heavy (non-hydrogen) atoms. The van der Waals surface area contributed by atoms with Crippen LogP contribution in [0.1, 0.15) is 19.4 Å². The highest BCUT2D eigenvalue weighted by molar-refractivity contribution is 5.86. The highest BCUT2D eigenvalue weighted by Gasteiger charge is 2.58. The smallest absolute Gasteiger partial charge is 0.317 e. The number of amides is 3. The molecule has 0 aliphatic carbocycles. The van der Waals surface area contributed by atoms with Gasteiger partial charge in [0.05, 0.1) is 5.41 Å². The molecule has 0 unspecified atom stereocenters. The summed E-state index contributed by atoms with van der Waals surface area (Å²) in [6.07, 6.45) is 0.